The van der Waals surface area contributed by atoms with E-state index in [1.807, 2.05) is 24.3 Å². The molecular weight excluding hydrogens is 284 g/mol. The third-order valence-electron chi connectivity index (χ3n) is 2.66. The van der Waals surface area contributed by atoms with E-state index in [2.05, 4.69) is 21.2 Å². The van der Waals surface area contributed by atoms with Crippen LogP contribution < -0.4 is 5.32 Å². The molecule has 1 saturated heterocycles. The van der Waals surface area contributed by atoms with E-state index in [0.29, 0.717) is 19.5 Å². The van der Waals surface area contributed by atoms with E-state index in [1.165, 1.54) is 0 Å². The number of benzene rings is 1. The van der Waals surface area contributed by atoms with Crippen LogP contribution in [-0.4, -0.2) is 36.3 Å². The molecule has 0 unspecified atom stereocenters. The molecule has 2 rings (SSSR count). The number of hydrogen-bond donors (Lipinski definition) is 1. The van der Waals surface area contributed by atoms with Crippen molar-refractivity contribution in [2.45, 2.75) is 6.42 Å². The van der Waals surface area contributed by atoms with Crippen LogP contribution in [0.25, 0.3) is 0 Å². The van der Waals surface area contributed by atoms with Crippen LogP contribution >= 0.6 is 15.9 Å². The van der Waals surface area contributed by atoms with Crippen molar-refractivity contribution in [1.82, 2.24) is 10.2 Å². The minimum atomic E-state index is -0.0830. The first-order valence-corrected chi connectivity index (χ1v) is 6.23. The maximum atomic E-state index is 11.9. The fourth-order valence-corrected chi connectivity index (χ4v) is 2.00. The Morgan fingerprint density at radius 3 is 2.71 bits per heavy atom. The van der Waals surface area contributed by atoms with Gasteiger partial charge in [0.2, 0.25) is 11.8 Å². The van der Waals surface area contributed by atoms with Gasteiger partial charge in [-0.1, -0.05) is 28.1 Å². The molecule has 1 aliphatic heterocycles. The van der Waals surface area contributed by atoms with E-state index in [9.17, 15) is 9.59 Å². The molecule has 1 N–H and O–H groups in total. The molecule has 0 aromatic heterocycles. The van der Waals surface area contributed by atoms with Crippen LogP contribution in [0.3, 0.4) is 0 Å². The van der Waals surface area contributed by atoms with Gasteiger partial charge in [0.05, 0.1) is 13.0 Å². The predicted octanol–water partition coefficient (Wildman–Crippen LogP) is 0.950. The number of carbonyl (C=O) groups is 2. The van der Waals surface area contributed by atoms with Crippen LogP contribution in [-0.2, 0) is 16.0 Å². The molecule has 1 aliphatic rings. The highest BCUT2D eigenvalue weighted by atomic mass is 79.9. The minimum Gasteiger partial charge on any atom is -0.353 e. The van der Waals surface area contributed by atoms with Gasteiger partial charge in [-0.3, -0.25) is 9.59 Å². The molecule has 1 heterocycles. The summed E-state index contributed by atoms with van der Waals surface area (Å²) in [6.07, 6.45) is 0.348. The van der Waals surface area contributed by atoms with Crippen LogP contribution in [0.15, 0.2) is 28.7 Å². The Balaban J connectivity index is 1.96. The van der Waals surface area contributed by atoms with Crippen LogP contribution in [0.4, 0.5) is 0 Å². The van der Waals surface area contributed by atoms with Gasteiger partial charge in [-0.2, -0.15) is 0 Å². The number of hydrogen-bond acceptors (Lipinski definition) is 2. The fourth-order valence-electron chi connectivity index (χ4n) is 1.74. The van der Waals surface area contributed by atoms with E-state index >= 15 is 0 Å². The van der Waals surface area contributed by atoms with Crippen LogP contribution in [0.2, 0.25) is 0 Å². The van der Waals surface area contributed by atoms with E-state index in [0.717, 1.165) is 10.0 Å². The molecule has 0 saturated carbocycles. The van der Waals surface area contributed by atoms with Crippen molar-refractivity contribution in [2.24, 2.45) is 0 Å². The smallest absolute Gasteiger partial charge is 0.239 e. The quantitative estimate of drug-likeness (QED) is 0.883. The number of piperazine rings is 1. The lowest BCUT2D eigenvalue weighted by Crippen LogP contribution is -2.50. The SMILES string of the molecule is O=C1CN(C(=O)Cc2ccc(Br)cc2)CCN1. The van der Waals surface area contributed by atoms with Crippen LogP contribution in [0.1, 0.15) is 5.56 Å². The molecule has 0 bridgehead atoms. The summed E-state index contributed by atoms with van der Waals surface area (Å²) in [5, 5.41) is 2.70. The zero-order valence-corrected chi connectivity index (χ0v) is 10.9. The number of halogens is 1. The summed E-state index contributed by atoms with van der Waals surface area (Å²) in [5.41, 5.74) is 0.962. The highest BCUT2D eigenvalue weighted by molar-refractivity contribution is 9.10. The molecule has 1 fully saturated rings. The number of nitrogens with one attached hydrogen (secondary N) is 1. The van der Waals surface area contributed by atoms with Crippen molar-refractivity contribution >= 4 is 27.7 Å². The Labute approximate surface area is 108 Å². The Morgan fingerprint density at radius 2 is 2.06 bits per heavy atom. The largest absolute Gasteiger partial charge is 0.353 e. The highest BCUT2D eigenvalue weighted by Gasteiger charge is 2.20. The number of carbonyl (C=O) groups excluding carboxylic acids is 2. The van der Waals surface area contributed by atoms with Gasteiger partial charge in [-0.15, -0.1) is 0 Å². The van der Waals surface area contributed by atoms with Crippen LogP contribution in [0, 0.1) is 0 Å². The summed E-state index contributed by atoms with van der Waals surface area (Å²) in [6.45, 7) is 1.32. The number of rotatable bonds is 2. The van der Waals surface area contributed by atoms with Crippen molar-refractivity contribution in [3.63, 3.8) is 0 Å². The maximum Gasteiger partial charge on any atom is 0.239 e. The van der Waals surface area contributed by atoms with Crippen molar-refractivity contribution < 1.29 is 9.59 Å². The third-order valence-corrected chi connectivity index (χ3v) is 3.19. The van der Waals surface area contributed by atoms with Crippen LogP contribution in [0.5, 0.6) is 0 Å². The van der Waals surface area contributed by atoms with Gasteiger partial charge in [-0.25, -0.2) is 0 Å². The van der Waals surface area contributed by atoms with Gasteiger partial charge in [0.1, 0.15) is 0 Å². The topological polar surface area (TPSA) is 49.4 Å². The molecule has 0 aliphatic carbocycles. The molecule has 17 heavy (non-hydrogen) atoms. The Morgan fingerprint density at radius 1 is 1.35 bits per heavy atom. The maximum absolute atomic E-state index is 11.9. The molecule has 5 heteroatoms. The summed E-state index contributed by atoms with van der Waals surface area (Å²) >= 11 is 3.35. The van der Waals surface area contributed by atoms with E-state index in [1.54, 1.807) is 4.90 Å². The summed E-state index contributed by atoms with van der Waals surface area (Å²) in [6, 6.07) is 7.63. The standard InChI is InChI=1S/C12H13BrN2O2/c13-10-3-1-9(2-4-10)7-12(17)15-6-5-14-11(16)8-15/h1-4H,5-8H2,(H,14,16). The molecular formula is C12H13BrN2O2. The van der Waals surface area contributed by atoms with Gasteiger partial charge in [0.25, 0.3) is 0 Å². The van der Waals surface area contributed by atoms with Gasteiger partial charge in [0, 0.05) is 17.6 Å². The summed E-state index contributed by atoms with van der Waals surface area (Å²) in [5.74, 6) is -0.0809. The Hall–Kier alpha value is -1.36. The van der Waals surface area contributed by atoms with Crippen molar-refractivity contribution in [3.05, 3.63) is 34.3 Å². The molecule has 4 nitrogen and oxygen atoms in total. The second-order valence-electron chi connectivity index (χ2n) is 3.97. The Kier molecular flexibility index (Phi) is 3.78. The molecule has 0 spiro atoms. The van der Waals surface area contributed by atoms with Crippen molar-refractivity contribution in [1.29, 1.82) is 0 Å². The van der Waals surface area contributed by atoms with Crippen molar-refractivity contribution in [3.8, 4) is 0 Å². The second-order valence-corrected chi connectivity index (χ2v) is 4.88. The van der Waals surface area contributed by atoms with Gasteiger partial charge in [-0.05, 0) is 17.7 Å². The molecule has 2 amide bonds. The molecule has 1 aromatic carbocycles. The highest BCUT2D eigenvalue weighted by Crippen LogP contribution is 2.11. The summed E-state index contributed by atoms with van der Waals surface area (Å²) in [7, 11) is 0. The van der Waals surface area contributed by atoms with Gasteiger partial charge in [0.15, 0.2) is 0 Å². The zero-order valence-electron chi connectivity index (χ0n) is 9.28. The molecule has 0 atom stereocenters. The van der Waals surface area contributed by atoms with E-state index < -0.39 is 0 Å². The van der Waals surface area contributed by atoms with Gasteiger partial charge >= 0.3 is 0 Å². The normalized spacial score (nSPS) is 15.6. The summed E-state index contributed by atoms with van der Waals surface area (Å²) in [4.78, 5) is 24.7. The first kappa shape index (κ1) is 12.1. The lowest BCUT2D eigenvalue weighted by Gasteiger charge is -2.26. The molecule has 1 aromatic rings. The average molecular weight is 297 g/mol. The summed E-state index contributed by atoms with van der Waals surface area (Å²) < 4.78 is 0.992. The fraction of sp³-hybridized carbons (Fsp3) is 0.333. The van der Waals surface area contributed by atoms with E-state index in [4.69, 9.17) is 0 Å². The minimum absolute atomic E-state index is 0.00201. The second kappa shape index (κ2) is 5.31. The van der Waals surface area contributed by atoms with Gasteiger partial charge < -0.3 is 10.2 Å². The van der Waals surface area contributed by atoms with E-state index in [-0.39, 0.29) is 18.4 Å². The first-order chi connectivity index (χ1) is 8.15. The number of nitrogens with zero attached hydrogens (tertiary/aromatic N) is 1. The van der Waals surface area contributed by atoms with Crippen molar-refractivity contribution in [2.75, 3.05) is 19.6 Å². The monoisotopic (exact) mass is 296 g/mol. The Bertz CT molecular complexity index is 431. The predicted molar refractivity (Wildman–Crippen MR) is 67.4 cm³/mol. The average Bonchev–Trinajstić information content (AvgIpc) is 2.32. The number of amides is 2. The molecule has 90 valence electrons. The third kappa shape index (κ3) is 3.30. The first-order valence-electron chi connectivity index (χ1n) is 5.44. The molecule has 0 radical (unpaired) electrons. The zero-order chi connectivity index (χ0) is 12.3. The lowest BCUT2D eigenvalue weighted by molar-refractivity contribution is -0.137. The lowest BCUT2D eigenvalue weighted by atomic mass is 10.1.